The number of nitrogens with zero attached hydrogens (tertiary/aromatic N) is 1. The molecule has 1 aromatic carbocycles. The molecule has 0 atom stereocenters. The number of carbonyl (C=O) groups excluding carboxylic acids is 1. The van der Waals surface area contributed by atoms with Crippen LogP contribution in [-0.4, -0.2) is 31.6 Å². The number of hydrogen-bond acceptors (Lipinski definition) is 6. The second kappa shape index (κ2) is 7.65. The van der Waals surface area contributed by atoms with Crippen LogP contribution in [0.5, 0.6) is 5.75 Å². The van der Waals surface area contributed by atoms with Gasteiger partial charge in [-0.2, -0.15) is 0 Å². The van der Waals surface area contributed by atoms with Crippen LogP contribution in [0.4, 0.5) is 0 Å². The summed E-state index contributed by atoms with van der Waals surface area (Å²) in [6.07, 6.45) is 0.274. The summed E-state index contributed by atoms with van der Waals surface area (Å²) >= 11 is 0. The van der Waals surface area contributed by atoms with E-state index < -0.39 is 0 Å². The van der Waals surface area contributed by atoms with Gasteiger partial charge in [-0.3, -0.25) is 4.79 Å². The second-order valence-corrected chi connectivity index (χ2v) is 3.89. The summed E-state index contributed by atoms with van der Waals surface area (Å²) in [6, 6.07) is 7.79. The van der Waals surface area contributed by atoms with Gasteiger partial charge in [-0.1, -0.05) is 23.8 Å². The van der Waals surface area contributed by atoms with Crippen LogP contribution in [0.3, 0.4) is 0 Å². The van der Waals surface area contributed by atoms with Crippen molar-refractivity contribution in [2.45, 2.75) is 13.0 Å². The molecule has 100 valence electrons. The molecule has 0 amide bonds. The highest BCUT2D eigenvalue weighted by Crippen LogP contribution is 2.18. The smallest absolute Gasteiger partial charge is 0.327 e. The van der Waals surface area contributed by atoms with E-state index in [2.05, 4.69) is 4.84 Å². The molecule has 0 aromatic heterocycles. The summed E-state index contributed by atoms with van der Waals surface area (Å²) in [4.78, 5) is 17.5. The van der Waals surface area contributed by atoms with Crippen LogP contribution in [0.15, 0.2) is 24.3 Å². The van der Waals surface area contributed by atoms with Crippen molar-refractivity contribution in [3.05, 3.63) is 29.8 Å². The van der Waals surface area contributed by atoms with Gasteiger partial charge in [0.2, 0.25) is 0 Å². The van der Waals surface area contributed by atoms with Gasteiger partial charge in [0.15, 0.2) is 0 Å². The maximum Gasteiger partial charge on any atom is 0.327 e. The van der Waals surface area contributed by atoms with Crippen LogP contribution in [0.25, 0.3) is 0 Å². The molecule has 0 radical (unpaired) electrons. The average Bonchev–Trinajstić information content (AvgIpc) is 2.37. The van der Waals surface area contributed by atoms with Crippen LogP contribution in [-0.2, 0) is 16.2 Å². The predicted molar refractivity (Wildman–Crippen MR) is 67.4 cm³/mol. The van der Waals surface area contributed by atoms with Crippen molar-refractivity contribution in [3.8, 4) is 5.75 Å². The Hall–Kier alpha value is -1.63. The third-order valence-electron chi connectivity index (χ3n) is 2.50. The minimum absolute atomic E-state index is 0.274. The maximum absolute atomic E-state index is 11.1. The van der Waals surface area contributed by atoms with Crippen LogP contribution in [0, 0.1) is 0 Å². The Morgan fingerprint density at radius 3 is 2.83 bits per heavy atom. The highest BCUT2D eigenvalue weighted by Gasteiger charge is 2.08. The highest BCUT2D eigenvalue weighted by atomic mass is 16.7. The molecule has 0 fully saturated rings. The molecule has 0 saturated carbocycles. The van der Waals surface area contributed by atoms with Gasteiger partial charge in [0, 0.05) is 18.7 Å². The molecule has 18 heavy (non-hydrogen) atoms. The molecule has 0 spiro atoms. The van der Waals surface area contributed by atoms with Crippen LogP contribution < -0.4 is 16.2 Å². The average molecular weight is 253 g/mol. The predicted octanol–water partition coefficient (Wildman–Crippen LogP) is 0.439. The fourth-order valence-electron chi connectivity index (χ4n) is 1.60. The van der Waals surface area contributed by atoms with Crippen molar-refractivity contribution in [2.75, 3.05) is 20.7 Å². The monoisotopic (exact) mass is 253 g/mol. The molecule has 0 bridgehead atoms. The first kappa shape index (κ1) is 14.4. The number of methoxy groups -OCH3 is 1. The lowest BCUT2D eigenvalue weighted by Gasteiger charge is -2.17. The molecule has 0 saturated heterocycles. The Labute approximate surface area is 107 Å². The van der Waals surface area contributed by atoms with Gasteiger partial charge in [-0.05, 0) is 13.1 Å². The summed E-state index contributed by atoms with van der Waals surface area (Å²) in [5, 5.41) is 0. The summed E-state index contributed by atoms with van der Waals surface area (Å²) in [7, 11) is 3.57. The topological polar surface area (TPSA) is 76.8 Å². The van der Waals surface area contributed by atoms with Crippen LogP contribution >= 0.6 is 0 Å². The number of para-hydroxylation sites is 1. The van der Waals surface area contributed by atoms with Crippen molar-refractivity contribution < 1.29 is 14.4 Å². The Morgan fingerprint density at radius 1 is 1.44 bits per heavy atom. The Balaban J connectivity index is 2.44. The second-order valence-electron chi connectivity index (χ2n) is 3.89. The summed E-state index contributed by atoms with van der Waals surface area (Å²) in [6.45, 7) is 1.28. The quantitative estimate of drug-likeness (QED) is 0.542. The molecule has 6 heteroatoms. The maximum atomic E-state index is 11.1. The largest absolute Gasteiger partial charge is 0.496 e. The van der Waals surface area contributed by atoms with Gasteiger partial charge < -0.3 is 14.5 Å². The van der Waals surface area contributed by atoms with Crippen molar-refractivity contribution in [1.29, 1.82) is 0 Å². The third kappa shape index (κ3) is 4.70. The Kier molecular flexibility index (Phi) is 6.13. The van der Waals surface area contributed by atoms with Crippen molar-refractivity contribution in [3.63, 3.8) is 0 Å². The zero-order valence-corrected chi connectivity index (χ0v) is 10.7. The van der Waals surface area contributed by atoms with E-state index in [4.69, 9.17) is 10.6 Å². The highest BCUT2D eigenvalue weighted by molar-refractivity contribution is 5.69. The fraction of sp³-hybridized carbons (Fsp3) is 0.417. The van der Waals surface area contributed by atoms with E-state index >= 15 is 0 Å². The first-order chi connectivity index (χ1) is 8.67. The normalized spacial score (nSPS) is 10.4. The van der Waals surface area contributed by atoms with Crippen molar-refractivity contribution in [2.24, 2.45) is 5.84 Å². The molecule has 0 aliphatic heterocycles. The summed E-state index contributed by atoms with van der Waals surface area (Å²) < 4.78 is 5.27. The van der Waals surface area contributed by atoms with E-state index in [1.165, 1.54) is 0 Å². The van der Waals surface area contributed by atoms with E-state index in [0.29, 0.717) is 13.1 Å². The van der Waals surface area contributed by atoms with E-state index in [0.717, 1.165) is 11.3 Å². The van der Waals surface area contributed by atoms with Gasteiger partial charge in [0.25, 0.3) is 0 Å². The molecule has 0 aliphatic rings. The number of rotatable bonds is 7. The van der Waals surface area contributed by atoms with Gasteiger partial charge in [0.1, 0.15) is 5.75 Å². The molecule has 0 unspecified atom stereocenters. The third-order valence-corrected chi connectivity index (χ3v) is 2.50. The molecule has 1 rings (SSSR count). The van der Waals surface area contributed by atoms with Gasteiger partial charge >= 0.3 is 5.97 Å². The minimum atomic E-state index is -0.385. The molecular formula is C12H19N3O3. The lowest BCUT2D eigenvalue weighted by molar-refractivity contribution is -0.151. The Bertz CT molecular complexity index is 385. The number of hydrogen-bond donors (Lipinski definition) is 2. The number of carbonyl (C=O) groups is 1. The zero-order valence-electron chi connectivity index (χ0n) is 10.7. The van der Waals surface area contributed by atoms with E-state index in [-0.39, 0.29) is 12.4 Å². The molecule has 0 heterocycles. The number of nitrogens with two attached hydrogens (primary N) is 1. The number of nitrogens with one attached hydrogen (secondary N) is 1. The zero-order chi connectivity index (χ0) is 13.4. The van der Waals surface area contributed by atoms with Crippen molar-refractivity contribution in [1.82, 2.24) is 10.5 Å². The molecular weight excluding hydrogens is 234 g/mol. The number of ether oxygens (including phenoxy) is 1. The molecule has 3 N–H and O–H groups in total. The van der Waals surface area contributed by atoms with Gasteiger partial charge in [-0.25, -0.2) is 5.84 Å². The molecule has 0 aliphatic carbocycles. The van der Waals surface area contributed by atoms with E-state index in [1.54, 1.807) is 7.11 Å². The lowest BCUT2D eigenvalue weighted by Crippen LogP contribution is -2.29. The van der Waals surface area contributed by atoms with Crippen LogP contribution in [0.2, 0.25) is 0 Å². The van der Waals surface area contributed by atoms with E-state index in [9.17, 15) is 4.79 Å². The number of hydrazine groups is 1. The lowest BCUT2D eigenvalue weighted by atomic mass is 10.2. The summed E-state index contributed by atoms with van der Waals surface area (Å²) in [5.41, 5.74) is 2.95. The first-order valence-corrected chi connectivity index (χ1v) is 5.63. The number of benzene rings is 1. The molecule has 1 aromatic rings. The van der Waals surface area contributed by atoms with Gasteiger partial charge in [-0.15, -0.1) is 0 Å². The first-order valence-electron chi connectivity index (χ1n) is 5.63. The van der Waals surface area contributed by atoms with Crippen LogP contribution in [0.1, 0.15) is 12.0 Å². The summed E-state index contributed by atoms with van der Waals surface area (Å²) in [5.74, 6) is 5.33. The molecule has 6 nitrogen and oxygen atoms in total. The standard InChI is InChI=1S/C12H19N3O3/c1-15(8-7-12(16)18-14-13)9-10-5-3-4-6-11(10)17-2/h3-6,14H,7-9,13H2,1-2H3. The fourth-order valence-corrected chi connectivity index (χ4v) is 1.60. The van der Waals surface area contributed by atoms with Crippen molar-refractivity contribution >= 4 is 5.97 Å². The Morgan fingerprint density at radius 2 is 2.17 bits per heavy atom. The SMILES string of the molecule is COc1ccccc1CN(C)CCC(=O)ONN. The minimum Gasteiger partial charge on any atom is -0.496 e. The van der Waals surface area contributed by atoms with E-state index in [1.807, 2.05) is 41.8 Å². The van der Waals surface area contributed by atoms with Gasteiger partial charge in [0.05, 0.1) is 13.5 Å².